The quantitative estimate of drug-likeness (QED) is 0.815. The van der Waals surface area contributed by atoms with Crippen LogP contribution in [0.15, 0.2) is 22.6 Å². The predicted octanol–water partition coefficient (Wildman–Crippen LogP) is 2.39. The van der Waals surface area contributed by atoms with Gasteiger partial charge in [0.25, 0.3) is 6.01 Å². The minimum Gasteiger partial charge on any atom is -0.423 e. The zero-order valence-corrected chi connectivity index (χ0v) is 10.3. The maximum atomic E-state index is 5.71. The number of anilines is 2. The second-order valence-electron chi connectivity index (χ2n) is 4.70. The van der Waals surface area contributed by atoms with Gasteiger partial charge in [-0.1, -0.05) is 0 Å². The minimum atomic E-state index is 0.241. The fourth-order valence-corrected chi connectivity index (χ4v) is 2.53. The van der Waals surface area contributed by atoms with Gasteiger partial charge >= 0.3 is 0 Å². The van der Waals surface area contributed by atoms with Crippen molar-refractivity contribution >= 4 is 22.8 Å². The number of aromatic nitrogens is 1. The van der Waals surface area contributed by atoms with E-state index in [9.17, 15) is 0 Å². The Morgan fingerprint density at radius 1 is 1.44 bits per heavy atom. The molecule has 1 aromatic heterocycles. The number of oxazole rings is 1. The van der Waals surface area contributed by atoms with Gasteiger partial charge in [0.15, 0.2) is 5.58 Å². The van der Waals surface area contributed by atoms with E-state index in [4.69, 9.17) is 14.9 Å². The van der Waals surface area contributed by atoms with E-state index < -0.39 is 0 Å². The number of fused-ring (bicyclic) bond motifs is 1. The highest BCUT2D eigenvalue weighted by Crippen LogP contribution is 2.27. The molecule has 5 heteroatoms. The second-order valence-corrected chi connectivity index (χ2v) is 4.70. The second kappa shape index (κ2) is 4.49. The van der Waals surface area contributed by atoms with Crippen LogP contribution in [0.1, 0.15) is 19.3 Å². The van der Waals surface area contributed by atoms with Gasteiger partial charge in [-0.25, -0.2) is 0 Å². The summed E-state index contributed by atoms with van der Waals surface area (Å²) in [6.07, 6.45) is 3.58. The summed E-state index contributed by atoms with van der Waals surface area (Å²) >= 11 is 0. The molecule has 0 aliphatic heterocycles. The van der Waals surface area contributed by atoms with Gasteiger partial charge < -0.3 is 20.2 Å². The SMILES string of the molecule is COC1CCCC1Nc1nc2ccc(N)cc2o1. The molecule has 1 aliphatic carbocycles. The van der Waals surface area contributed by atoms with Crippen LogP contribution >= 0.6 is 0 Å². The number of methoxy groups -OCH3 is 1. The van der Waals surface area contributed by atoms with Crippen LogP contribution in [0.2, 0.25) is 0 Å². The highest BCUT2D eigenvalue weighted by atomic mass is 16.5. The maximum Gasteiger partial charge on any atom is 0.295 e. The van der Waals surface area contributed by atoms with E-state index in [1.54, 1.807) is 13.2 Å². The van der Waals surface area contributed by atoms with Gasteiger partial charge in [0, 0.05) is 18.9 Å². The van der Waals surface area contributed by atoms with E-state index in [1.165, 1.54) is 6.42 Å². The zero-order chi connectivity index (χ0) is 12.5. The van der Waals surface area contributed by atoms with Crippen LogP contribution in [-0.2, 0) is 4.74 Å². The lowest BCUT2D eigenvalue weighted by molar-refractivity contribution is 0.100. The molecule has 96 valence electrons. The molecule has 3 rings (SSSR count). The largest absolute Gasteiger partial charge is 0.423 e. The first-order valence-corrected chi connectivity index (χ1v) is 6.21. The molecular weight excluding hydrogens is 230 g/mol. The summed E-state index contributed by atoms with van der Waals surface area (Å²) in [5, 5.41) is 3.31. The first-order valence-electron chi connectivity index (χ1n) is 6.21. The summed E-state index contributed by atoms with van der Waals surface area (Å²) in [6.45, 7) is 0. The molecule has 2 aromatic rings. The van der Waals surface area contributed by atoms with Crippen molar-refractivity contribution in [3.63, 3.8) is 0 Å². The number of nitrogens with zero attached hydrogens (tertiary/aromatic N) is 1. The number of nitrogen functional groups attached to an aromatic ring is 1. The molecule has 0 bridgehead atoms. The Morgan fingerprint density at radius 2 is 2.33 bits per heavy atom. The van der Waals surface area contributed by atoms with E-state index in [1.807, 2.05) is 12.1 Å². The van der Waals surface area contributed by atoms with Crippen molar-refractivity contribution in [2.45, 2.75) is 31.4 Å². The molecule has 1 heterocycles. The minimum absolute atomic E-state index is 0.241. The number of ether oxygens (including phenoxy) is 1. The average Bonchev–Trinajstić information content (AvgIpc) is 2.94. The third kappa shape index (κ3) is 2.01. The van der Waals surface area contributed by atoms with Crippen molar-refractivity contribution < 1.29 is 9.15 Å². The lowest BCUT2D eigenvalue weighted by Crippen LogP contribution is -2.29. The third-order valence-corrected chi connectivity index (χ3v) is 3.48. The van der Waals surface area contributed by atoms with Crippen LogP contribution in [0.3, 0.4) is 0 Å². The monoisotopic (exact) mass is 247 g/mol. The Hall–Kier alpha value is -1.75. The molecule has 3 N–H and O–H groups in total. The highest BCUT2D eigenvalue weighted by molar-refractivity contribution is 5.78. The van der Waals surface area contributed by atoms with Crippen molar-refractivity contribution in [1.29, 1.82) is 0 Å². The Bertz CT molecular complexity index is 552. The number of hydrogen-bond donors (Lipinski definition) is 2. The molecule has 18 heavy (non-hydrogen) atoms. The van der Waals surface area contributed by atoms with Gasteiger partial charge in [-0.05, 0) is 31.4 Å². The maximum absolute atomic E-state index is 5.71. The van der Waals surface area contributed by atoms with Gasteiger partial charge in [0.2, 0.25) is 0 Å². The first kappa shape index (κ1) is 11.3. The molecule has 0 saturated heterocycles. The fraction of sp³-hybridized carbons (Fsp3) is 0.462. The number of rotatable bonds is 3. The molecule has 5 nitrogen and oxygen atoms in total. The summed E-state index contributed by atoms with van der Waals surface area (Å²) in [4.78, 5) is 4.40. The van der Waals surface area contributed by atoms with Crippen molar-refractivity contribution in [1.82, 2.24) is 4.98 Å². The van der Waals surface area contributed by atoms with Crippen molar-refractivity contribution in [2.24, 2.45) is 0 Å². The van der Waals surface area contributed by atoms with Crippen LogP contribution in [0.25, 0.3) is 11.1 Å². The first-order chi connectivity index (χ1) is 8.76. The van der Waals surface area contributed by atoms with Crippen LogP contribution in [0.5, 0.6) is 0 Å². The lowest BCUT2D eigenvalue weighted by Gasteiger charge is -2.18. The smallest absolute Gasteiger partial charge is 0.295 e. The Labute approximate surface area is 105 Å². The summed E-state index contributed by atoms with van der Waals surface area (Å²) in [5.74, 6) is 0. The summed E-state index contributed by atoms with van der Waals surface area (Å²) in [6, 6.07) is 6.30. The molecule has 1 aliphatic rings. The molecule has 0 spiro atoms. The summed E-state index contributed by atoms with van der Waals surface area (Å²) < 4.78 is 11.1. The number of nitrogens with one attached hydrogen (secondary N) is 1. The molecule has 1 aromatic carbocycles. The topological polar surface area (TPSA) is 73.3 Å². The van der Waals surface area contributed by atoms with Crippen molar-refractivity contribution in [3.8, 4) is 0 Å². The number of benzene rings is 1. The molecule has 0 amide bonds. The van der Waals surface area contributed by atoms with Gasteiger partial charge in [-0.2, -0.15) is 4.98 Å². The van der Waals surface area contributed by atoms with E-state index in [2.05, 4.69) is 10.3 Å². The predicted molar refractivity (Wildman–Crippen MR) is 70.5 cm³/mol. The normalized spacial score (nSPS) is 23.6. The van der Waals surface area contributed by atoms with E-state index in [-0.39, 0.29) is 12.1 Å². The van der Waals surface area contributed by atoms with E-state index >= 15 is 0 Å². The van der Waals surface area contributed by atoms with Gasteiger partial charge in [-0.3, -0.25) is 0 Å². The number of nitrogens with two attached hydrogens (primary N) is 1. The van der Waals surface area contributed by atoms with Crippen molar-refractivity contribution in [3.05, 3.63) is 18.2 Å². The lowest BCUT2D eigenvalue weighted by atomic mass is 10.2. The summed E-state index contributed by atoms with van der Waals surface area (Å²) in [5.41, 5.74) is 7.92. The molecule has 0 radical (unpaired) electrons. The fourth-order valence-electron chi connectivity index (χ4n) is 2.53. The zero-order valence-electron chi connectivity index (χ0n) is 10.3. The van der Waals surface area contributed by atoms with Crippen LogP contribution in [0.4, 0.5) is 11.7 Å². The molecule has 2 unspecified atom stereocenters. The highest BCUT2D eigenvalue weighted by Gasteiger charge is 2.28. The van der Waals surface area contributed by atoms with E-state index in [0.29, 0.717) is 17.3 Å². The van der Waals surface area contributed by atoms with E-state index in [0.717, 1.165) is 18.4 Å². The van der Waals surface area contributed by atoms with Gasteiger partial charge in [0.05, 0.1) is 12.1 Å². The Kier molecular flexibility index (Phi) is 2.83. The molecule has 1 saturated carbocycles. The molecule has 2 atom stereocenters. The van der Waals surface area contributed by atoms with Crippen LogP contribution in [-0.4, -0.2) is 24.2 Å². The van der Waals surface area contributed by atoms with Gasteiger partial charge in [0.1, 0.15) is 5.52 Å². The third-order valence-electron chi connectivity index (χ3n) is 3.48. The Balaban J connectivity index is 1.82. The Morgan fingerprint density at radius 3 is 3.17 bits per heavy atom. The molecule has 1 fully saturated rings. The summed E-state index contributed by atoms with van der Waals surface area (Å²) in [7, 11) is 1.75. The number of hydrogen-bond acceptors (Lipinski definition) is 5. The van der Waals surface area contributed by atoms with Crippen LogP contribution in [0, 0.1) is 0 Å². The van der Waals surface area contributed by atoms with Gasteiger partial charge in [-0.15, -0.1) is 0 Å². The van der Waals surface area contributed by atoms with Crippen molar-refractivity contribution in [2.75, 3.05) is 18.2 Å². The standard InChI is InChI=1S/C13H17N3O2/c1-17-11-4-2-3-9(11)15-13-16-10-6-5-8(14)7-12(10)18-13/h5-7,9,11H,2-4,14H2,1H3,(H,15,16). The molecular formula is C13H17N3O2. The van der Waals surface area contributed by atoms with Crippen LogP contribution < -0.4 is 11.1 Å². The average molecular weight is 247 g/mol.